The molecule has 0 radical (unpaired) electrons. The van der Waals surface area contributed by atoms with E-state index in [1.807, 2.05) is 0 Å². The first-order valence-corrected chi connectivity index (χ1v) is 7.08. The zero-order chi connectivity index (χ0) is 12.3. The first-order chi connectivity index (χ1) is 8.22. The largest absolute Gasteiger partial charge is 0.297 e. The van der Waals surface area contributed by atoms with Crippen LogP contribution in [-0.2, 0) is 6.54 Å². The lowest BCUT2D eigenvalue weighted by molar-refractivity contribution is 0.314. The van der Waals surface area contributed by atoms with Gasteiger partial charge in [-0.25, -0.2) is 0 Å². The third-order valence-electron chi connectivity index (χ3n) is 3.68. The summed E-state index contributed by atoms with van der Waals surface area (Å²) in [7, 11) is 0. The van der Waals surface area contributed by atoms with Gasteiger partial charge in [0, 0.05) is 31.2 Å². The molecule has 1 aliphatic rings. The van der Waals surface area contributed by atoms with Crippen molar-refractivity contribution in [2.75, 3.05) is 19.0 Å². The minimum atomic E-state index is 0.498. The van der Waals surface area contributed by atoms with Gasteiger partial charge in [-0.3, -0.25) is 9.58 Å². The summed E-state index contributed by atoms with van der Waals surface area (Å²) in [5, 5.41) is 4.64. The molecule has 2 unspecified atom stereocenters. The highest BCUT2D eigenvalue weighted by Crippen LogP contribution is 2.19. The van der Waals surface area contributed by atoms with Crippen molar-refractivity contribution in [3.05, 3.63) is 18.0 Å². The monoisotopic (exact) mass is 255 g/mol. The number of alkyl halides is 1. The van der Waals surface area contributed by atoms with Crippen LogP contribution in [-0.4, -0.2) is 33.6 Å². The third-order valence-corrected chi connectivity index (χ3v) is 4.12. The van der Waals surface area contributed by atoms with Crippen molar-refractivity contribution in [3.63, 3.8) is 0 Å². The standard InChI is InChI=1S/C13H22ClN3/c1-3-11(2)17-7-5-13(15-17)10-16-6-4-12(8-14)9-16/h5,7,11-12H,3-4,6,8-10H2,1-2H3. The van der Waals surface area contributed by atoms with Crippen LogP contribution in [0, 0.1) is 5.92 Å². The molecular formula is C13H22ClN3. The summed E-state index contributed by atoms with van der Waals surface area (Å²) in [6.07, 6.45) is 4.45. The molecule has 17 heavy (non-hydrogen) atoms. The van der Waals surface area contributed by atoms with Crippen molar-refractivity contribution >= 4 is 11.6 Å². The lowest BCUT2D eigenvalue weighted by Crippen LogP contribution is -2.21. The Morgan fingerprint density at radius 1 is 1.59 bits per heavy atom. The molecule has 0 aromatic carbocycles. The minimum Gasteiger partial charge on any atom is -0.297 e. The van der Waals surface area contributed by atoms with Crippen LogP contribution >= 0.6 is 11.6 Å². The van der Waals surface area contributed by atoms with E-state index >= 15 is 0 Å². The fourth-order valence-corrected chi connectivity index (χ4v) is 2.56. The van der Waals surface area contributed by atoms with Gasteiger partial charge >= 0.3 is 0 Å². The van der Waals surface area contributed by atoms with E-state index in [2.05, 4.69) is 40.8 Å². The maximum absolute atomic E-state index is 5.89. The number of hydrogen-bond acceptors (Lipinski definition) is 2. The van der Waals surface area contributed by atoms with Crippen LogP contribution in [0.1, 0.15) is 38.4 Å². The van der Waals surface area contributed by atoms with Gasteiger partial charge in [0.15, 0.2) is 0 Å². The lowest BCUT2D eigenvalue weighted by atomic mass is 10.2. The van der Waals surface area contributed by atoms with Crippen LogP contribution in [0.25, 0.3) is 0 Å². The summed E-state index contributed by atoms with van der Waals surface area (Å²) < 4.78 is 2.07. The normalized spacial score (nSPS) is 23.1. The van der Waals surface area contributed by atoms with Crippen molar-refractivity contribution in [3.8, 4) is 0 Å². The molecule has 0 aliphatic carbocycles. The van der Waals surface area contributed by atoms with Crippen molar-refractivity contribution in [2.24, 2.45) is 5.92 Å². The van der Waals surface area contributed by atoms with E-state index in [0.717, 1.165) is 31.9 Å². The van der Waals surface area contributed by atoms with Gasteiger partial charge in [-0.2, -0.15) is 5.10 Å². The van der Waals surface area contributed by atoms with E-state index in [-0.39, 0.29) is 0 Å². The summed E-state index contributed by atoms with van der Waals surface area (Å²) in [4.78, 5) is 2.45. The second-order valence-electron chi connectivity index (χ2n) is 5.09. The number of nitrogens with zero attached hydrogens (tertiary/aromatic N) is 3. The average molecular weight is 256 g/mol. The molecule has 2 atom stereocenters. The molecular weight excluding hydrogens is 234 g/mol. The summed E-state index contributed by atoms with van der Waals surface area (Å²) >= 11 is 5.89. The molecule has 0 bridgehead atoms. The Kier molecular flexibility index (Phi) is 4.46. The fraction of sp³-hybridized carbons (Fsp3) is 0.769. The summed E-state index contributed by atoms with van der Waals surface area (Å²) in [5.74, 6) is 1.46. The highest BCUT2D eigenvalue weighted by molar-refractivity contribution is 6.18. The van der Waals surface area contributed by atoms with Gasteiger partial charge < -0.3 is 0 Å². The molecule has 0 saturated carbocycles. The molecule has 0 spiro atoms. The molecule has 1 fully saturated rings. The first-order valence-electron chi connectivity index (χ1n) is 6.55. The fourth-order valence-electron chi connectivity index (χ4n) is 2.31. The molecule has 1 aromatic heterocycles. The maximum Gasteiger partial charge on any atom is 0.0764 e. The van der Waals surface area contributed by atoms with E-state index in [1.54, 1.807) is 0 Å². The Balaban J connectivity index is 1.89. The van der Waals surface area contributed by atoms with Gasteiger partial charge in [0.2, 0.25) is 0 Å². The molecule has 1 aliphatic heterocycles. The number of halogens is 1. The quantitative estimate of drug-likeness (QED) is 0.755. The number of likely N-dealkylation sites (tertiary alicyclic amines) is 1. The molecule has 2 heterocycles. The molecule has 0 amide bonds. The Labute approximate surface area is 109 Å². The molecule has 1 saturated heterocycles. The number of hydrogen-bond donors (Lipinski definition) is 0. The summed E-state index contributed by atoms with van der Waals surface area (Å²) in [6.45, 7) is 7.65. The molecule has 1 aromatic rings. The van der Waals surface area contributed by atoms with Crippen LogP contribution in [0.2, 0.25) is 0 Å². The average Bonchev–Trinajstić information content (AvgIpc) is 2.97. The van der Waals surface area contributed by atoms with Gasteiger partial charge in [-0.05, 0) is 38.3 Å². The van der Waals surface area contributed by atoms with E-state index in [1.165, 1.54) is 12.1 Å². The van der Waals surface area contributed by atoms with Crippen LogP contribution in [0.15, 0.2) is 12.3 Å². The summed E-state index contributed by atoms with van der Waals surface area (Å²) in [6, 6.07) is 2.64. The topological polar surface area (TPSA) is 21.1 Å². The van der Waals surface area contributed by atoms with Gasteiger partial charge in [0.05, 0.1) is 5.69 Å². The molecule has 3 nitrogen and oxygen atoms in total. The van der Waals surface area contributed by atoms with Crippen molar-refractivity contribution < 1.29 is 0 Å². The van der Waals surface area contributed by atoms with E-state index in [4.69, 9.17) is 11.6 Å². The molecule has 96 valence electrons. The second-order valence-corrected chi connectivity index (χ2v) is 5.40. The smallest absolute Gasteiger partial charge is 0.0764 e. The predicted molar refractivity (Wildman–Crippen MR) is 71.3 cm³/mol. The number of aromatic nitrogens is 2. The third kappa shape index (κ3) is 3.23. The van der Waals surface area contributed by atoms with Crippen LogP contribution < -0.4 is 0 Å². The second kappa shape index (κ2) is 5.87. The van der Waals surface area contributed by atoms with Crippen LogP contribution in [0.3, 0.4) is 0 Å². The highest BCUT2D eigenvalue weighted by Gasteiger charge is 2.22. The van der Waals surface area contributed by atoms with Crippen LogP contribution in [0.4, 0.5) is 0 Å². The zero-order valence-corrected chi connectivity index (χ0v) is 11.5. The zero-order valence-electron chi connectivity index (χ0n) is 10.8. The number of rotatable bonds is 5. The highest BCUT2D eigenvalue weighted by atomic mass is 35.5. The Bertz CT molecular complexity index is 350. The van der Waals surface area contributed by atoms with E-state index in [9.17, 15) is 0 Å². The van der Waals surface area contributed by atoms with E-state index in [0.29, 0.717) is 12.0 Å². The minimum absolute atomic E-state index is 0.498. The lowest BCUT2D eigenvalue weighted by Gasteiger charge is -2.14. The Morgan fingerprint density at radius 2 is 2.41 bits per heavy atom. The van der Waals surface area contributed by atoms with Gasteiger partial charge in [0.1, 0.15) is 0 Å². The van der Waals surface area contributed by atoms with E-state index < -0.39 is 0 Å². The SMILES string of the molecule is CCC(C)n1ccc(CN2CCC(CCl)C2)n1. The Hall–Kier alpha value is -0.540. The van der Waals surface area contributed by atoms with Gasteiger partial charge in [0.25, 0.3) is 0 Å². The predicted octanol–water partition coefficient (Wildman–Crippen LogP) is 2.91. The Morgan fingerprint density at radius 3 is 3.06 bits per heavy atom. The first kappa shape index (κ1) is 12.9. The van der Waals surface area contributed by atoms with Gasteiger partial charge in [-0.1, -0.05) is 6.92 Å². The maximum atomic E-state index is 5.89. The van der Waals surface area contributed by atoms with Crippen molar-refractivity contribution in [1.29, 1.82) is 0 Å². The van der Waals surface area contributed by atoms with Crippen molar-refractivity contribution in [2.45, 2.75) is 39.3 Å². The van der Waals surface area contributed by atoms with Crippen molar-refractivity contribution in [1.82, 2.24) is 14.7 Å². The summed E-state index contributed by atoms with van der Waals surface area (Å²) in [5.41, 5.74) is 1.18. The molecule has 2 rings (SSSR count). The molecule has 4 heteroatoms. The molecule has 0 N–H and O–H groups in total. The van der Waals surface area contributed by atoms with Crippen LogP contribution in [0.5, 0.6) is 0 Å². The van der Waals surface area contributed by atoms with Gasteiger partial charge in [-0.15, -0.1) is 11.6 Å².